The van der Waals surface area contributed by atoms with E-state index in [0.29, 0.717) is 11.3 Å². The molecule has 0 atom stereocenters. The van der Waals surface area contributed by atoms with Crippen molar-refractivity contribution in [3.8, 4) is 0 Å². The Balaban J connectivity index is 1.76. The SMILES string of the molecule is CCOC(=O)c1[nH]c(C)c(CN(Cc2ccccc2)S(=O)(=O)c2ccc3ccccc3c2)c1C. The number of hydrogen-bond donors (Lipinski definition) is 1. The molecule has 7 heteroatoms. The van der Waals surface area contributed by atoms with Gasteiger partial charge in [-0.1, -0.05) is 60.7 Å². The van der Waals surface area contributed by atoms with Crippen LogP contribution in [0.15, 0.2) is 77.7 Å². The Labute approximate surface area is 200 Å². The van der Waals surface area contributed by atoms with Crippen LogP contribution in [0.5, 0.6) is 0 Å². The molecule has 0 amide bonds. The van der Waals surface area contributed by atoms with Crippen LogP contribution in [0.1, 0.15) is 39.8 Å². The normalized spacial score (nSPS) is 11.8. The van der Waals surface area contributed by atoms with Crippen molar-refractivity contribution in [3.63, 3.8) is 0 Å². The highest BCUT2D eigenvalue weighted by atomic mass is 32.2. The standard InChI is InChI=1S/C27H28N2O4S/c1-4-33-27(30)26-19(2)25(20(3)28-26)18-29(17-21-10-6-5-7-11-21)34(31,32)24-15-14-22-12-8-9-13-23(22)16-24/h5-16,28H,4,17-18H2,1-3H3. The fourth-order valence-corrected chi connectivity index (χ4v) is 5.53. The molecule has 176 valence electrons. The molecule has 4 aromatic rings. The number of sulfonamides is 1. The van der Waals surface area contributed by atoms with Gasteiger partial charge < -0.3 is 9.72 Å². The van der Waals surface area contributed by atoms with Crippen molar-refractivity contribution in [1.29, 1.82) is 0 Å². The van der Waals surface area contributed by atoms with Gasteiger partial charge in [-0.3, -0.25) is 0 Å². The van der Waals surface area contributed by atoms with Crippen LogP contribution in [0.3, 0.4) is 0 Å². The summed E-state index contributed by atoms with van der Waals surface area (Å²) in [5.74, 6) is -0.443. The van der Waals surface area contributed by atoms with Gasteiger partial charge >= 0.3 is 5.97 Å². The van der Waals surface area contributed by atoms with Gasteiger partial charge in [-0.2, -0.15) is 4.31 Å². The van der Waals surface area contributed by atoms with Gasteiger partial charge in [0.25, 0.3) is 0 Å². The molecular formula is C27H28N2O4S. The number of esters is 1. The third kappa shape index (κ3) is 4.76. The highest BCUT2D eigenvalue weighted by Crippen LogP contribution is 2.28. The minimum absolute atomic E-state index is 0.123. The van der Waals surface area contributed by atoms with Crippen molar-refractivity contribution < 1.29 is 17.9 Å². The van der Waals surface area contributed by atoms with Crippen LogP contribution >= 0.6 is 0 Å². The Kier molecular flexibility index (Phi) is 6.86. The molecule has 4 rings (SSSR count). The number of H-pyrrole nitrogens is 1. The Morgan fingerprint density at radius 2 is 1.59 bits per heavy atom. The molecule has 0 bridgehead atoms. The lowest BCUT2D eigenvalue weighted by Crippen LogP contribution is -2.30. The van der Waals surface area contributed by atoms with Crippen LogP contribution in [-0.2, 0) is 27.8 Å². The highest BCUT2D eigenvalue weighted by Gasteiger charge is 2.28. The van der Waals surface area contributed by atoms with Gasteiger partial charge in [0.2, 0.25) is 10.0 Å². The third-order valence-corrected chi connectivity index (χ3v) is 7.76. The summed E-state index contributed by atoms with van der Waals surface area (Å²) in [5, 5.41) is 1.84. The fourth-order valence-electron chi connectivity index (χ4n) is 4.10. The number of nitrogens with one attached hydrogen (secondary N) is 1. The Bertz CT molecular complexity index is 1430. The molecule has 0 radical (unpaired) electrons. The number of fused-ring (bicyclic) bond motifs is 1. The Morgan fingerprint density at radius 3 is 2.29 bits per heavy atom. The lowest BCUT2D eigenvalue weighted by atomic mass is 10.1. The van der Waals surface area contributed by atoms with Gasteiger partial charge in [0.05, 0.1) is 11.5 Å². The maximum atomic E-state index is 13.9. The second-order valence-electron chi connectivity index (χ2n) is 8.22. The summed E-state index contributed by atoms with van der Waals surface area (Å²) in [7, 11) is -3.84. The summed E-state index contributed by atoms with van der Waals surface area (Å²) in [6, 6.07) is 22.4. The monoisotopic (exact) mass is 476 g/mol. The summed E-state index contributed by atoms with van der Waals surface area (Å²) < 4.78 is 34.4. The molecule has 0 spiro atoms. The summed E-state index contributed by atoms with van der Waals surface area (Å²) in [4.78, 5) is 15.7. The molecule has 0 aliphatic heterocycles. The van der Waals surface area contributed by atoms with Crippen molar-refractivity contribution in [1.82, 2.24) is 9.29 Å². The van der Waals surface area contributed by atoms with Crippen molar-refractivity contribution >= 4 is 26.8 Å². The topological polar surface area (TPSA) is 79.5 Å². The summed E-state index contributed by atoms with van der Waals surface area (Å²) >= 11 is 0. The predicted octanol–water partition coefficient (Wildman–Crippen LogP) is 5.35. The first-order valence-electron chi connectivity index (χ1n) is 11.2. The molecule has 1 heterocycles. The molecule has 1 aromatic heterocycles. The molecule has 0 saturated carbocycles. The lowest BCUT2D eigenvalue weighted by Gasteiger charge is -2.23. The van der Waals surface area contributed by atoms with E-state index in [4.69, 9.17) is 4.74 Å². The van der Waals surface area contributed by atoms with Crippen LogP contribution in [-0.4, -0.2) is 30.3 Å². The molecule has 0 unspecified atom stereocenters. The zero-order valence-corrected chi connectivity index (χ0v) is 20.4. The first kappa shape index (κ1) is 23.7. The average Bonchev–Trinajstić information content (AvgIpc) is 3.12. The minimum atomic E-state index is -3.84. The second kappa shape index (κ2) is 9.83. The number of carbonyl (C=O) groups excluding carboxylic acids is 1. The number of aromatic amines is 1. The fraction of sp³-hybridized carbons (Fsp3) is 0.222. The third-order valence-electron chi connectivity index (χ3n) is 5.97. The van der Waals surface area contributed by atoms with Crippen LogP contribution < -0.4 is 0 Å². The van der Waals surface area contributed by atoms with Gasteiger partial charge in [0.1, 0.15) is 5.69 Å². The smallest absolute Gasteiger partial charge is 0.355 e. The first-order valence-corrected chi connectivity index (χ1v) is 12.6. The second-order valence-corrected chi connectivity index (χ2v) is 10.2. The maximum absolute atomic E-state index is 13.9. The Hall–Kier alpha value is -3.42. The van der Waals surface area contributed by atoms with E-state index in [1.54, 1.807) is 19.1 Å². The van der Waals surface area contributed by atoms with E-state index in [0.717, 1.165) is 27.6 Å². The molecule has 0 aliphatic rings. The lowest BCUT2D eigenvalue weighted by molar-refractivity contribution is 0.0519. The molecule has 34 heavy (non-hydrogen) atoms. The van der Waals surface area contributed by atoms with E-state index >= 15 is 0 Å². The first-order chi connectivity index (χ1) is 16.3. The summed E-state index contributed by atoms with van der Waals surface area (Å²) in [5.41, 5.74) is 3.44. The van der Waals surface area contributed by atoms with E-state index in [2.05, 4.69) is 4.98 Å². The minimum Gasteiger partial charge on any atom is -0.461 e. The van der Waals surface area contributed by atoms with Crippen molar-refractivity contribution in [2.75, 3.05) is 6.61 Å². The number of carbonyl (C=O) groups is 1. The number of aromatic nitrogens is 1. The van der Waals surface area contributed by atoms with E-state index in [1.165, 1.54) is 4.31 Å². The Morgan fingerprint density at radius 1 is 0.912 bits per heavy atom. The quantitative estimate of drug-likeness (QED) is 0.348. The number of rotatable bonds is 8. The predicted molar refractivity (Wildman–Crippen MR) is 133 cm³/mol. The largest absolute Gasteiger partial charge is 0.461 e. The maximum Gasteiger partial charge on any atom is 0.355 e. The molecule has 3 aromatic carbocycles. The van der Waals surface area contributed by atoms with Gasteiger partial charge in [-0.05, 0) is 60.4 Å². The van der Waals surface area contributed by atoms with Gasteiger partial charge in [0, 0.05) is 18.8 Å². The average molecular weight is 477 g/mol. The van der Waals surface area contributed by atoms with Crippen molar-refractivity contribution in [2.24, 2.45) is 0 Å². The number of nitrogens with zero attached hydrogens (tertiary/aromatic N) is 1. The van der Waals surface area contributed by atoms with Gasteiger partial charge in [0.15, 0.2) is 0 Å². The summed E-state index contributed by atoms with van der Waals surface area (Å²) in [6.07, 6.45) is 0. The summed E-state index contributed by atoms with van der Waals surface area (Å²) in [6.45, 7) is 6.00. The van der Waals surface area contributed by atoms with E-state index in [-0.39, 0.29) is 24.6 Å². The number of aryl methyl sites for hydroxylation is 1. The van der Waals surface area contributed by atoms with Gasteiger partial charge in [-0.25, -0.2) is 13.2 Å². The zero-order chi connectivity index (χ0) is 24.3. The van der Waals surface area contributed by atoms with Crippen molar-refractivity contribution in [3.05, 3.63) is 101 Å². The van der Waals surface area contributed by atoms with E-state index < -0.39 is 16.0 Å². The van der Waals surface area contributed by atoms with Gasteiger partial charge in [-0.15, -0.1) is 0 Å². The van der Waals surface area contributed by atoms with E-state index in [1.807, 2.05) is 74.5 Å². The van der Waals surface area contributed by atoms with E-state index in [9.17, 15) is 13.2 Å². The van der Waals surface area contributed by atoms with Crippen LogP contribution in [0, 0.1) is 13.8 Å². The molecule has 0 fully saturated rings. The van der Waals surface area contributed by atoms with Crippen LogP contribution in [0.4, 0.5) is 0 Å². The number of ether oxygens (including phenoxy) is 1. The number of hydrogen-bond acceptors (Lipinski definition) is 4. The molecule has 6 nitrogen and oxygen atoms in total. The molecular weight excluding hydrogens is 448 g/mol. The van der Waals surface area contributed by atoms with Crippen LogP contribution in [0.2, 0.25) is 0 Å². The van der Waals surface area contributed by atoms with Crippen molar-refractivity contribution in [2.45, 2.75) is 38.8 Å². The molecule has 1 N–H and O–H groups in total. The molecule has 0 saturated heterocycles. The number of benzene rings is 3. The van der Waals surface area contributed by atoms with Crippen LogP contribution in [0.25, 0.3) is 10.8 Å². The molecule has 0 aliphatic carbocycles. The zero-order valence-electron chi connectivity index (χ0n) is 19.5. The highest BCUT2D eigenvalue weighted by molar-refractivity contribution is 7.89.